The molecule has 2 N–H and O–H groups in total. The molecular weight excluding hydrogens is 428 g/mol. The third kappa shape index (κ3) is 3.38. The highest BCUT2D eigenvalue weighted by atomic mass is 32.2. The molecule has 1 saturated heterocycles. The monoisotopic (exact) mass is 448 g/mol. The number of benzene rings is 1. The van der Waals surface area contributed by atoms with Crippen LogP contribution in [0.5, 0.6) is 5.75 Å². The van der Waals surface area contributed by atoms with E-state index in [4.69, 9.17) is 0 Å². The standard InChI is InChI=1S/C19H20N4O5S2/c1-11-15-18(20-10-22(2)19(15)26)29-16(11)17(25)21-13-9-12(5-6-14(13)24)30(27,28)23-7-3-4-8-23/h5-6,9-10,24H,3-4,7-8H2,1-2H3,(H,21,25). The summed E-state index contributed by atoms with van der Waals surface area (Å²) in [5.74, 6) is -0.805. The van der Waals surface area contributed by atoms with Crippen LogP contribution in [0.1, 0.15) is 28.1 Å². The molecule has 9 nitrogen and oxygen atoms in total. The Bertz CT molecular complexity index is 1320. The van der Waals surface area contributed by atoms with Crippen molar-refractivity contribution in [2.24, 2.45) is 7.05 Å². The highest BCUT2D eigenvalue weighted by Crippen LogP contribution is 2.32. The topological polar surface area (TPSA) is 122 Å². The third-order valence-corrected chi connectivity index (χ3v) is 8.23. The first-order valence-corrected chi connectivity index (χ1v) is 11.5. The van der Waals surface area contributed by atoms with Gasteiger partial charge in [0.2, 0.25) is 10.0 Å². The van der Waals surface area contributed by atoms with Crippen molar-refractivity contribution in [1.29, 1.82) is 0 Å². The van der Waals surface area contributed by atoms with Crippen LogP contribution in [0.3, 0.4) is 0 Å². The number of nitrogens with one attached hydrogen (secondary N) is 1. The Balaban J connectivity index is 1.69. The second-order valence-corrected chi connectivity index (χ2v) is 10.1. The summed E-state index contributed by atoms with van der Waals surface area (Å²) in [6.07, 6.45) is 3.00. The molecule has 11 heteroatoms. The number of carbonyl (C=O) groups excluding carboxylic acids is 1. The molecule has 0 spiro atoms. The highest BCUT2D eigenvalue weighted by molar-refractivity contribution is 7.89. The van der Waals surface area contributed by atoms with Crippen molar-refractivity contribution in [3.8, 4) is 5.75 Å². The Morgan fingerprint density at radius 1 is 1.27 bits per heavy atom. The molecular formula is C19H20N4O5S2. The summed E-state index contributed by atoms with van der Waals surface area (Å²) >= 11 is 1.07. The van der Waals surface area contributed by atoms with Crippen LogP contribution in [-0.2, 0) is 17.1 Å². The number of fused-ring (bicyclic) bond motifs is 1. The first-order chi connectivity index (χ1) is 14.2. The third-order valence-electron chi connectivity index (χ3n) is 5.14. The van der Waals surface area contributed by atoms with E-state index < -0.39 is 15.9 Å². The number of aromatic nitrogens is 2. The van der Waals surface area contributed by atoms with Gasteiger partial charge in [-0.05, 0) is 43.5 Å². The van der Waals surface area contributed by atoms with Gasteiger partial charge >= 0.3 is 0 Å². The van der Waals surface area contributed by atoms with E-state index in [1.807, 2.05) is 0 Å². The molecule has 1 aliphatic rings. The first-order valence-electron chi connectivity index (χ1n) is 9.29. The Kier molecular flexibility index (Phi) is 5.12. The van der Waals surface area contributed by atoms with Gasteiger partial charge in [0.1, 0.15) is 10.6 Å². The summed E-state index contributed by atoms with van der Waals surface area (Å²) in [6.45, 7) is 2.56. The molecule has 1 amide bonds. The van der Waals surface area contributed by atoms with Crippen LogP contribution >= 0.6 is 11.3 Å². The number of hydrogen-bond acceptors (Lipinski definition) is 7. The fourth-order valence-electron chi connectivity index (χ4n) is 3.46. The molecule has 3 heterocycles. The van der Waals surface area contributed by atoms with E-state index in [9.17, 15) is 23.1 Å². The van der Waals surface area contributed by atoms with E-state index in [0.29, 0.717) is 28.9 Å². The number of aryl methyl sites for hydroxylation is 2. The number of phenols is 1. The summed E-state index contributed by atoms with van der Waals surface area (Å²) in [7, 11) is -2.12. The maximum atomic E-state index is 12.9. The molecule has 30 heavy (non-hydrogen) atoms. The SMILES string of the molecule is Cc1c(C(=O)Nc2cc(S(=O)(=O)N3CCCC3)ccc2O)sc2ncn(C)c(=O)c12. The number of carbonyl (C=O) groups is 1. The lowest BCUT2D eigenvalue weighted by Crippen LogP contribution is -2.28. The van der Waals surface area contributed by atoms with Gasteiger partial charge in [-0.2, -0.15) is 4.31 Å². The number of anilines is 1. The average molecular weight is 449 g/mol. The molecule has 0 radical (unpaired) electrons. The second kappa shape index (κ2) is 7.49. The lowest BCUT2D eigenvalue weighted by Gasteiger charge is -2.16. The number of sulfonamides is 1. The summed E-state index contributed by atoms with van der Waals surface area (Å²) in [5, 5.41) is 13.1. The highest BCUT2D eigenvalue weighted by Gasteiger charge is 2.28. The molecule has 0 aliphatic carbocycles. The fraction of sp³-hybridized carbons (Fsp3) is 0.316. The maximum Gasteiger partial charge on any atom is 0.266 e. The first kappa shape index (κ1) is 20.5. The van der Waals surface area contributed by atoms with Crippen LogP contribution < -0.4 is 10.9 Å². The fourth-order valence-corrected chi connectivity index (χ4v) is 6.04. The van der Waals surface area contributed by atoms with Crippen molar-refractivity contribution in [2.75, 3.05) is 18.4 Å². The number of aromatic hydroxyl groups is 1. The number of hydrogen-bond donors (Lipinski definition) is 2. The van der Waals surface area contributed by atoms with Crippen LogP contribution in [0, 0.1) is 6.92 Å². The van der Waals surface area contributed by atoms with Crippen molar-refractivity contribution < 1.29 is 18.3 Å². The summed E-state index contributed by atoms with van der Waals surface area (Å²) in [6, 6.07) is 3.81. The normalized spacial score (nSPS) is 15.0. The van der Waals surface area contributed by atoms with Crippen LogP contribution in [0.25, 0.3) is 10.2 Å². The molecule has 1 fully saturated rings. The minimum Gasteiger partial charge on any atom is -0.506 e. The predicted octanol–water partition coefficient (Wildman–Crippen LogP) is 2.05. The smallest absolute Gasteiger partial charge is 0.266 e. The molecule has 1 aromatic carbocycles. The lowest BCUT2D eigenvalue weighted by atomic mass is 10.2. The van der Waals surface area contributed by atoms with Crippen molar-refractivity contribution in [3.63, 3.8) is 0 Å². The number of thiophene rings is 1. The van der Waals surface area contributed by atoms with Crippen molar-refractivity contribution in [1.82, 2.24) is 13.9 Å². The van der Waals surface area contributed by atoms with Gasteiger partial charge in [-0.3, -0.25) is 9.59 Å². The zero-order valence-electron chi connectivity index (χ0n) is 16.4. The predicted molar refractivity (Wildman–Crippen MR) is 114 cm³/mol. The van der Waals surface area contributed by atoms with Gasteiger partial charge in [-0.25, -0.2) is 13.4 Å². The van der Waals surface area contributed by atoms with Gasteiger partial charge < -0.3 is 15.0 Å². The summed E-state index contributed by atoms with van der Waals surface area (Å²) in [5.41, 5.74) is 0.217. The Morgan fingerprint density at radius 2 is 1.97 bits per heavy atom. The lowest BCUT2D eigenvalue weighted by molar-refractivity contribution is 0.102. The summed E-state index contributed by atoms with van der Waals surface area (Å²) < 4.78 is 28.3. The second-order valence-electron chi connectivity index (χ2n) is 7.14. The Hall–Kier alpha value is -2.76. The van der Waals surface area contributed by atoms with Gasteiger partial charge in [-0.1, -0.05) is 0 Å². The van der Waals surface area contributed by atoms with Crippen LogP contribution in [0.15, 0.2) is 34.2 Å². The molecule has 158 valence electrons. The molecule has 3 aromatic rings. The van der Waals surface area contributed by atoms with E-state index in [2.05, 4.69) is 10.3 Å². The van der Waals surface area contributed by atoms with Crippen LogP contribution in [0.4, 0.5) is 5.69 Å². The van der Waals surface area contributed by atoms with Crippen molar-refractivity contribution in [2.45, 2.75) is 24.7 Å². The zero-order valence-corrected chi connectivity index (χ0v) is 18.0. The molecule has 0 atom stereocenters. The largest absolute Gasteiger partial charge is 0.506 e. The molecule has 0 saturated carbocycles. The van der Waals surface area contributed by atoms with Gasteiger partial charge in [0, 0.05) is 20.1 Å². The number of amides is 1. The van der Waals surface area contributed by atoms with Crippen LogP contribution in [0.2, 0.25) is 0 Å². The van der Waals surface area contributed by atoms with Crippen LogP contribution in [-0.4, -0.2) is 46.4 Å². The van der Waals surface area contributed by atoms with E-state index in [1.54, 1.807) is 14.0 Å². The van der Waals surface area contributed by atoms with Gasteiger partial charge in [0.25, 0.3) is 11.5 Å². The van der Waals surface area contributed by atoms with Gasteiger partial charge in [0.05, 0.1) is 27.2 Å². The Morgan fingerprint density at radius 3 is 2.67 bits per heavy atom. The minimum absolute atomic E-state index is 0.00102. The van der Waals surface area contributed by atoms with Gasteiger partial charge in [-0.15, -0.1) is 11.3 Å². The molecule has 0 bridgehead atoms. The number of phenolic OH excluding ortho intramolecular Hbond substituents is 1. The zero-order chi connectivity index (χ0) is 21.6. The molecule has 2 aromatic heterocycles. The van der Waals surface area contributed by atoms with Crippen molar-refractivity contribution in [3.05, 3.63) is 45.3 Å². The summed E-state index contributed by atoms with van der Waals surface area (Å²) in [4.78, 5) is 30.1. The van der Waals surface area contributed by atoms with E-state index >= 15 is 0 Å². The Labute approximate surface area is 176 Å². The van der Waals surface area contributed by atoms with Gasteiger partial charge in [0.15, 0.2) is 0 Å². The minimum atomic E-state index is -3.70. The quantitative estimate of drug-likeness (QED) is 0.589. The maximum absolute atomic E-state index is 12.9. The number of nitrogens with zero attached hydrogens (tertiary/aromatic N) is 3. The molecule has 4 rings (SSSR count). The van der Waals surface area contributed by atoms with E-state index in [0.717, 1.165) is 24.2 Å². The molecule has 0 unspecified atom stereocenters. The molecule has 1 aliphatic heterocycles. The average Bonchev–Trinajstić information content (AvgIpc) is 3.35. The van der Waals surface area contributed by atoms with Crippen molar-refractivity contribution >= 4 is 43.2 Å². The van der Waals surface area contributed by atoms with E-state index in [-0.39, 0.29) is 26.8 Å². The van der Waals surface area contributed by atoms with E-state index in [1.165, 1.54) is 33.4 Å². The number of rotatable bonds is 4.